The Morgan fingerprint density at radius 3 is 2.11 bits per heavy atom. The predicted molar refractivity (Wildman–Crippen MR) is 231 cm³/mol. The Hall–Kier alpha value is -7.57. The minimum absolute atomic E-state index is 0.0521. The fourth-order valence-electron chi connectivity index (χ4n) is 8.99. The topological polar surface area (TPSA) is 60.0 Å². The first-order chi connectivity index (χ1) is 28.3. The molecule has 6 heteroatoms. The van der Waals surface area contributed by atoms with Crippen molar-refractivity contribution in [1.29, 1.82) is 0 Å². The van der Waals surface area contributed by atoms with Crippen LogP contribution < -0.4 is 4.90 Å². The number of hydrogen-bond donors (Lipinski definition) is 0. The largest absolute Gasteiger partial charge is 0.455 e. The molecular weight excluding hydrogens is 699 g/mol. The van der Waals surface area contributed by atoms with Crippen LogP contribution in [0.4, 0.5) is 11.6 Å². The lowest BCUT2D eigenvalue weighted by atomic mass is 9.92. The minimum Gasteiger partial charge on any atom is -0.455 e. The maximum absolute atomic E-state index is 6.90. The first-order valence-corrected chi connectivity index (χ1v) is 19.4. The molecule has 0 radical (unpaired) electrons. The lowest BCUT2D eigenvalue weighted by molar-refractivity contribution is 0.669. The SMILES string of the molecule is C1=CC2c3ccccc3N(c3nc(-c4ccccc4)nc(-c4cccc5c4oc4cc(-n6c7ccccc7c7ccc(-c8ccccc8)cc76)ccc45)n3)C2C=C1. The van der Waals surface area contributed by atoms with Gasteiger partial charge in [0.2, 0.25) is 5.95 Å². The van der Waals surface area contributed by atoms with Gasteiger partial charge in [-0.3, -0.25) is 0 Å². The molecule has 0 saturated heterocycles. The summed E-state index contributed by atoms with van der Waals surface area (Å²) in [5.41, 5.74) is 11.4. The summed E-state index contributed by atoms with van der Waals surface area (Å²) in [6.07, 6.45) is 8.76. The van der Waals surface area contributed by atoms with E-state index in [9.17, 15) is 0 Å². The van der Waals surface area contributed by atoms with Crippen molar-refractivity contribution < 1.29 is 4.42 Å². The quantitative estimate of drug-likeness (QED) is 0.176. The van der Waals surface area contributed by atoms with Crippen molar-refractivity contribution in [2.45, 2.75) is 12.0 Å². The van der Waals surface area contributed by atoms with Crippen LogP contribution in [0.3, 0.4) is 0 Å². The molecule has 0 bridgehead atoms. The Morgan fingerprint density at radius 1 is 0.491 bits per heavy atom. The van der Waals surface area contributed by atoms with Crippen molar-refractivity contribution in [3.63, 3.8) is 0 Å². The number of fused-ring (bicyclic) bond motifs is 9. The normalized spacial score (nSPS) is 15.9. The van der Waals surface area contributed by atoms with Crippen LogP contribution in [-0.4, -0.2) is 25.6 Å². The second kappa shape index (κ2) is 12.5. The summed E-state index contributed by atoms with van der Waals surface area (Å²) in [6.45, 7) is 0. The number of nitrogens with zero attached hydrogens (tertiary/aromatic N) is 5. The van der Waals surface area contributed by atoms with E-state index in [1.807, 2.05) is 30.3 Å². The highest BCUT2D eigenvalue weighted by atomic mass is 16.3. The molecule has 1 aliphatic heterocycles. The predicted octanol–water partition coefficient (Wildman–Crippen LogP) is 12.6. The molecule has 2 aliphatic rings. The van der Waals surface area contributed by atoms with Crippen molar-refractivity contribution in [3.05, 3.63) is 194 Å². The van der Waals surface area contributed by atoms with Gasteiger partial charge in [0, 0.05) is 50.5 Å². The van der Waals surface area contributed by atoms with Crippen molar-refractivity contribution in [2.24, 2.45) is 0 Å². The third-order valence-electron chi connectivity index (χ3n) is 11.6. The number of benzene rings is 7. The van der Waals surface area contributed by atoms with Gasteiger partial charge in [-0.1, -0.05) is 146 Å². The first-order valence-electron chi connectivity index (χ1n) is 19.4. The Bertz CT molecular complexity index is 3270. The molecule has 57 heavy (non-hydrogen) atoms. The van der Waals surface area contributed by atoms with Gasteiger partial charge in [-0.15, -0.1) is 0 Å². The summed E-state index contributed by atoms with van der Waals surface area (Å²) >= 11 is 0. The van der Waals surface area contributed by atoms with Gasteiger partial charge in [0.05, 0.1) is 22.6 Å². The number of furan rings is 1. The molecule has 0 N–H and O–H groups in total. The second-order valence-electron chi connectivity index (χ2n) is 14.8. The molecule has 1 aliphatic carbocycles. The third-order valence-corrected chi connectivity index (χ3v) is 11.6. The van der Waals surface area contributed by atoms with E-state index in [2.05, 4.69) is 167 Å². The third kappa shape index (κ3) is 4.94. The van der Waals surface area contributed by atoms with Crippen molar-refractivity contribution in [3.8, 4) is 39.6 Å². The van der Waals surface area contributed by atoms with Crippen molar-refractivity contribution in [2.75, 3.05) is 4.90 Å². The van der Waals surface area contributed by atoms with Crippen LogP contribution in [0.15, 0.2) is 193 Å². The molecule has 0 amide bonds. The number of aromatic nitrogens is 4. The average Bonchev–Trinajstić information content (AvgIpc) is 3.94. The Kier molecular flexibility index (Phi) is 6.95. The lowest BCUT2D eigenvalue weighted by Crippen LogP contribution is -2.30. The maximum atomic E-state index is 6.90. The molecule has 3 aromatic heterocycles. The molecule has 6 nitrogen and oxygen atoms in total. The summed E-state index contributed by atoms with van der Waals surface area (Å²) in [5.74, 6) is 1.99. The molecule has 0 fully saturated rings. The summed E-state index contributed by atoms with van der Waals surface area (Å²) in [7, 11) is 0. The molecule has 2 atom stereocenters. The fraction of sp³-hybridized carbons (Fsp3) is 0.0392. The van der Waals surface area contributed by atoms with E-state index in [-0.39, 0.29) is 12.0 Å². The van der Waals surface area contributed by atoms with Gasteiger partial charge >= 0.3 is 0 Å². The maximum Gasteiger partial charge on any atom is 0.234 e. The fourth-order valence-corrected chi connectivity index (χ4v) is 8.99. The highest BCUT2D eigenvalue weighted by molar-refractivity contribution is 6.12. The zero-order valence-corrected chi connectivity index (χ0v) is 30.7. The van der Waals surface area contributed by atoms with Gasteiger partial charge in [-0.2, -0.15) is 9.97 Å². The zero-order valence-electron chi connectivity index (χ0n) is 30.7. The summed E-state index contributed by atoms with van der Waals surface area (Å²) < 4.78 is 9.25. The molecule has 4 heterocycles. The summed E-state index contributed by atoms with van der Waals surface area (Å²) in [6, 6.07) is 57.5. The van der Waals surface area contributed by atoms with Gasteiger partial charge in [0.25, 0.3) is 0 Å². The van der Waals surface area contributed by atoms with Crippen molar-refractivity contribution >= 4 is 55.4 Å². The van der Waals surface area contributed by atoms with E-state index in [0.29, 0.717) is 17.6 Å². The molecule has 2 unspecified atom stereocenters. The molecule has 0 saturated carbocycles. The molecule has 0 spiro atoms. The highest BCUT2D eigenvalue weighted by Crippen LogP contribution is 2.47. The minimum atomic E-state index is 0.0521. The van der Waals surface area contributed by atoms with Crippen LogP contribution in [0.5, 0.6) is 0 Å². The van der Waals surface area contributed by atoms with E-state index in [4.69, 9.17) is 19.4 Å². The van der Waals surface area contributed by atoms with E-state index in [1.54, 1.807) is 0 Å². The lowest BCUT2D eigenvalue weighted by Gasteiger charge is -2.27. The summed E-state index contributed by atoms with van der Waals surface area (Å²) in [4.78, 5) is 17.8. The van der Waals surface area contributed by atoms with Crippen LogP contribution in [-0.2, 0) is 0 Å². The number of rotatable bonds is 5. The van der Waals surface area contributed by atoms with Gasteiger partial charge in [-0.25, -0.2) is 4.98 Å². The molecular formula is C51H33N5O. The van der Waals surface area contributed by atoms with E-state index >= 15 is 0 Å². The monoisotopic (exact) mass is 731 g/mol. The van der Waals surface area contributed by atoms with Crippen LogP contribution >= 0.6 is 0 Å². The molecule has 10 aromatic rings. The smallest absolute Gasteiger partial charge is 0.234 e. The highest BCUT2D eigenvalue weighted by Gasteiger charge is 2.39. The van der Waals surface area contributed by atoms with E-state index in [0.717, 1.165) is 55.5 Å². The average molecular weight is 732 g/mol. The van der Waals surface area contributed by atoms with Crippen LogP contribution in [0.25, 0.3) is 83.3 Å². The first kappa shape index (κ1) is 31.7. The molecule has 12 rings (SSSR count). The van der Waals surface area contributed by atoms with Gasteiger partial charge < -0.3 is 13.9 Å². The van der Waals surface area contributed by atoms with Crippen LogP contribution in [0.2, 0.25) is 0 Å². The van der Waals surface area contributed by atoms with Gasteiger partial charge in [-0.05, 0) is 53.1 Å². The van der Waals surface area contributed by atoms with Crippen LogP contribution in [0, 0.1) is 0 Å². The zero-order chi connectivity index (χ0) is 37.5. The summed E-state index contributed by atoms with van der Waals surface area (Å²) in [5, 5.41) is 4.47. The van der Waals surface area contributed by atoms with Crippen molar-refractivity contribution in [1.82, 2.24) is 19.5 Å². The molecule has 7 aromatic carbocycles. The van der Waals surface area contributed by atoms with Gasteiger partial charge in [0.15, 0.2) is 11.6 Å². The van der Waals surface area contributed by atoms with E-state index in [1.165, 1.54) is 27.5 Å². The standard InChI is InChI=1S/C51H33N5O/c1-3-14-32(15-4-1)34-26-28-39-38-20-7-10-23-43(38)55(46(39)30-34)35-27-29-40-41-21-13-22-42(48(41)57-47(40)31-35)50-52-49(33-16-5-2-6-17-33)53-51(54-50)56-44-24-11-8-18-36(44)37-19-9-12-25-45(37)56/h1-31,36,44H. The Labute approximate surface area is 328 Å². The van der Waals surface area contributed by atoms with Crippen LogP contribution in [0.1, 0.15) is 11.5 Å². The number of anilines is 2. The number of para-hydroxylation sites is 3. The molecule has 268 valence electrons. The Morgan fingerprint density at radius 2 is 1.21 bits per heavy atom. The van der Waals surface area contributed by atoms with Gasteiger partial charge in [0.1, 0.15) is 11.2 Å². The Balaban J connectivity index is 1.04. The number of hydrogen-bond acceptors (Lipinski definition) is 5. The number of allylic oxidation sites excluding steroid dienone is 2. The second-order valence-corrected chi connectivity index (χ2v) is 14.8. The van der Waals surface area contributed by atoms with E-state index < -0.39 is 0 Å².